The fourth-order valence-electron chi connectivity index (χ4n) is 1.82. The highest BCUT2D eigenvalue weighted by atomic mass is 79.9. The zero-order chi connectivity index (χ0) is 12.3. The maximum atomic E-state index is 5.29. The fourth-order valence-corrected chi connectivity index (χ4v) is 2.29. The van der Waals surface area contributed by atoms with E-state index >= 15 is 0 Å². The molecule has 1 atom stereocenters. The van der Waals surface area contributed by atoms with Gasteiger partial charge in [-0.05, 0) is 35.5 Å². The molecule has 5 nitrogen and oxygen atoms in total. The van der Waals surface area contributed by atoms with E-state index in [1.54, 1.807) is 12.5 Å². The molecule has 0 amide bonds. The minimum atomic E-state index is 0.0445. The summed E-state index contributed by atoms with van der Waals surface area (Å²) in [5.41, 5.74) is 2.10. The molecule has 2 rings (SSSR count). The standard InChI is InChI=1S/C11H15BrN4O/c1-3-13-10(8-5-6-17-11(8)12)9-7-14-15-16(9)4-2/h5-7,10,13H,3-4H2,1-2H3. The van der Waals surface area contributed by atoms with Gasteiger partial charge in [-0.2, -0.15) is 0 Å². The molecule has 6 heteroatoms. The highest BCUT2D eigenvalue weighted by Gasteiger charge is 2.21. The number of aromatic nitrogens is 3. The molecule has 2 heterocycles. The monoisotopic (exact) mass is 298 g/mol. The number of hydrogen-bond acceptors (Lipinski definition) is 4. The summed E-state index contributed by atoms with van der Waals surface area (Å²) >= 11 is 3.41. The topological polar surface area (TPSA) is 55.9 Å². The lowest BCUT2D eigenvalue weighted by Crippen LogP contribution is -2.24. The Labute approximate surface area is 108 Å². The van der Waals surface area contributed by atoms with Crippen LogP contribution in [-0.4, -0.2) is 21.5 Å². The number of nitrogens with one attached hydrogen (secondary N) is 1. The summed E-state index contributed by atoms with van der Waals surface area (Å²) in [5, 5.41) is 11.4. The maximum absolute atomic E-state index is 5.29. The van der Waals surface area contributed by atoms with Crippen LogP contribution in [0.2, 0.25) is 0 Å². The molecule has 92 valence electrons. The second-order valence-corrected chi connectivity index (χ2v) is 4.34. The molecule has 0 spiro atoms. The Bertz CT molecular complexity index is 479. The van der Waals surface area contributed by atoms with Crippen molar-refractivity contribution in [1.82, 2.24) is 20.3 Å². The number of aryl methyl sites for hydroxylation is 1. The van der Waals surface area contributed by atoms with Gasteiger partial charge in [-0.1, -0.05) is 12.1 Å². The Kier molecular flexibility index (Phi) is 3.96. The Morgan fingerprint density at radius 2 is 2.35 bits per heavy atom. The van der Waals surface area contributed by atoms with Gasteiger partial charge in [-0.15, -0.1) is 5.10 Å². The summed E-state index contributed by atoms with van der Waals surface area (Å²) in [6.45, 7) is 5.77. The molecule has 0 aliphatic rings. The summed E-state index contributed by atoms with van der Waals surface area (Å²) in [4.78, 5) is 0. The normalized spacial score (nSPS) is 12.9. The Morgan fingerprint density at radius 3 is 2.94 bits per heavy atom. The van der Waals surface area contributed by atoms with E-state index in [1.165, 1.54) is 0 Å². The number of halogens is 1. The van der Waals surface area contributed by atoms with Gasteiger partial charge in [0.1, 0.15) is 0 Å². The molecule has 0 saturated carbocycles. The van der Waals surface area contributed by atoms with Crippen molar-refractivity contribution in [3.05, 3.63) is 34.5 Å². The Morgan fingerprint density at radius 1 is 1.53 bits per heavy atom. The number of rotatable bonds is 5. The van der Waals surface area contributed by atoms with E-state index in [9.17, 15) is 0 Å². The molecule has 0 aliphatic heterocycles. The summed E-state index contributed by atoms with van der Waals surface area (Å²) in [7, 11) is 0. The second-order valence-electron chi connectivity index (χ2n) is 3.61. The van der Waals surface area contributed by atoms with Crippen LogP contribution < -0.4 is 5.32 Å². The van der Waals surface area contributed by atoms with E-state index in [1.807, 2.05) is 17.7 Å². The van der Waals surface area contributed by atoms with E-state index in [0.29, 0.717) is 0 Å². The molecule has 2 aromatic rings. The molecule has 17 heavy (non-hydrogen) atoms. The molecular formula is C11H15BrN4O. The quantitative estimate of drug-likeness (QED) is 0.921. The van der Waals surface area contributed by atoms with E-state index in [-0.39, 0.29) is 6.04 Å². The summed E-state index contributed by atoms with van der Waals surface area (Å²) in [6, 6.07) is 1.99. The van der Waals surface area contributed by atoms with Crippen LogP contribution >= 0.6 is 15.9 Å². The van der Waals surface area contributed by atoms with Gasteiger partial charge in [0.2, 0.25) is 0 Å². The predicted octanol–water partition coefficient (Wildman–Crippen LogP) is 2.35. The Hall–Kier alpha value is -1.14. The lowest BCUT2D eigenvalue weighted by molar-refractivity contribution is 0.508. The SMILES string of the molecule is CCNC(c1ccoc1Br)c1cnnn1CC. The first kappa shape index (κ1) is 12.3. The summed E-state index contributed by atoms with van der Waals surface area (Å²) < 4.78 is 7.91. The third kappa shape index (κ3) is 2.42. The van der Waals surface area contributed by atoms with Crippen molar-refractivity contribution >= 4 is 15.9 Å². The van der Waals surface area contributed by atoms with E-state index in [2.05, 4.69) is 38.5 Å². The second kappa shape index (κ2) is 5.46. The predicted molar refractivity (Wildman–Crippen MR) is 67.6 cm³/mol. The van der Waals surface area contributed by atoms with Crippen molar-refractivity contribution in [1.29, 1.82) is 0 Å². The molecule has 0 radical (unpaired) electrons. The van der Waals surface area contributed by atoms with Crippen molar-refractivity contribution in [2.24, 2.45) is 0 Å². The van der Waals surface area contributed by atoms with Gasteiger partial charge in [0.05, 0.1) is 24.2 Å². The summed E-state index contributed by atoms with van der Waals surface area (Å²) in [6.07, 6.45) is 3.46. The van der Waals surface area contributed by atoms with Gasteiger partial charge >= 0.3 is 0 Å². The van der Waals surface area contributed by atoms with Crippen LogP contribution in [0.1, 0.15) is 31.1 Å². The van der Waals surface area contributed by atoms with Crippen molar-refractivity contribution in [2.75, 3.05) is 6.54 Å². The molecule has 0 fully saturated rings. The van der Waals surface area contributed by atoms with Gasteiger partial charge in [-0.3, -0.25) is 0 Å². The highest BCUT2D eigenvalue weighted by Crippen LogP contribution is 2.28. The number of furan rings is 1. The Balaban J connectivity index is 2.39. The third-order valence-electron chi connectivity index (χ3n) is 2.61. The van der Waals surface area contributed by atoms with Crippen molar-refractivity contribution < 1.29 is 4.42 Å². The minimum absolute atomic E-state index is 0.0445. The van der Waals surface area contributed by atoms with Crippen LogP contribution in [0.25, 0.3) is 0 Å². The first-order chi connectivity index (χ1) is 8.27. The van der Waals surface area contributed by atoms with Gasteiger partial charge in [0.25, 0.3) is 0 Å². The lowest BCUT2D eigenvalue weighted by Gasteiger charge is -2.17. The van der Waals surface area contributed by atoms with Crippen LogP contribution in [0.5, 0.6) is 0 Å². The van der Waals surface area contributed by atoms with Crippen LogP contribution in [0, 0.1) is 0 Å². The average molecular weight is 299 g/mol. The molecule has 0 aromatic carbocycles. The van der Waals surface area contributed by atoms with E-state index < -0.39 is 0 Å². The smallest absolute Gasteiger partial charge is 0.174 e. The molecule has 1 unspecified atom stereocenters. The van der Waals surface area contributed by atoms with Crippen LogP contribution in [0.3, 0.4) is 0 Å². The fraction of sp³-hybridized carbons (Fsp3) is 0.455. The van der Waals surface area contributed by atoms with E-state index in [4.69, 9.17) is 4.42 Å². The molecule has 2 aromatic heterocycles. The van der Waals surface area contributed by atoms with Gasteiger partial charge in [-0.25, -0.2) is 4.68 Å². The molecular weight excluding hydrogens is 284 g/mol. The van der Waals surface area contributed by atoms with Gasteiger partial charge in [0, 0.05) is 12.1 Å². The van der Waals surface area contributed by atoms with Crippen molar-refractivity contribution in [3.8, 4) is 0 Å². The number of nitrogens with zero attached hydrogens (tertiary/aromatic N) is 3. The third-order valence-corrected chi connectivity index (χ3v) is 3.25. The minimum Gasteiger partial charge on any atom is -0.457 e. The first-order valence-corrected chi connectivity index (χ1v) is 6.41. The van der Waals surface area contributed by atoms with Crippen LogP contribution in [0.4, 0.5) is 0 Å². The largest absolute Gasteiger partial charge is 0.457 e. The van der Waals surface area contributed by atoms with Crippen molar-refractivity contribution in [2.45, 2.75) is 26.4 Å². The zero-order valence-electron chi connectivity index (χ0n) is 9.85. The number of hydrogen-bond donors (Lipinski definition) is 1. The molecule has 0 aliphatic carbocycles. The molecule has 1 N–H and O–H groups in total. The van der Waals surface area contributed by atoms with Crippen molar-refractivity contribution in [3.63, 3.8) is 0 Å². The maximum Gasteiger partial charge on any atom is 0.174 e. The lowest BCUT2D eigenvalue weighted by atomic mass is 10.1. The van der Waals surface area contributed by atoms with Crippen LogP contribution in [-0.2, 0) is 6.54 Å². The zero-order valence-corrected chi connectivity index (χ0v) is 11.4. The summed E-state index contributed by atoms with van der Waals surface area (Å²) in [5.74, 6) is 0. The van der Waals surface area contributed by atoms with Crippen LogP contribution in [0.15, 0.2) is 27.6 Å². The first-order valence-electron chi connectivity index (χ1n) is 5.62. The molecule has 0 bridgehead atoms. The van der Waals surface area contributed by atoms with Gasteiger partial charge in [0.15, 0.2) is 4.67 Å². The average Bonchev–Trinajstić information content (AvgIpc) is 2.94. The van der Waals surface area contributed by atoms with Gasteiger partial charge < -0.3 is 9.73 Å². The highest BCUT2D eigenvalue weighted by molar-refractivity contribution is 9.10. The molecule has 0 saturated heterocycles. The van der Waals surface area contributed by atoms with E-state index in [0.717, 1.165) is 29.0 Å².